The van der Waals surface area contributed by atoms with Gasteiger partial charge in [-0.25, -0.2) is 13.1 Å². The molecule has 0 radical (unpaired) electrons. The molecular weight excluding hydrogens is 382 g/mol. The van der Waals surface area contributed by atoms with Crippen LogP contribution in [0.4, 0.5) is 0 Å². The average Bonchev–Trinajstić information content (AvgIpc) is 2.98. The van der Waals surface area contributed by atoms with E-state index in [0.29, 0.717) is 25.2 Å². The molecule has 1 N–H and O–H groups in total. The first kappa shape index (κ1) is 20.5. The van der Waals surface area contributed by atoms with Gasteiger partial charge in [0, 0.05) is 38.0 Å². The van der Waals surface area contributed by atoms with E-state index in [1.54, 1.807) is 29.2 Å². The Bertz CT molecular complexity index is 850. The lowest BCUT2D eigenvalue weighted by Crippen LogP contribution is -2.43. The van der Waals surface area contributed by atoms with Crippen LogP contribution in [0.2, 0.25) is 0 Å². The van der Waals surface area contributed by atoms with Gasteiger partial charge in [-0.1, -0.05) is 12.1 Å². The zero-order valence-electron chi connectivity index (χ0n) is 15.9. The number of likely N-dealkylation sites (tertiary alicyclic amines) is 2. The van der Waals surface area contributed by atoms with E-state index in [0.717, 1.165) is 24.7 Å². The Morgan fingerprint density at radius 3 is 2.39 bits per heavy atom. The standard InChI is InChI=1S/C19H25N3O5S/c1-28(26,27)20-11-15-3-2-10-21(12-15)19(25)16-6-4-14(5-7-16)13-22-17(23)8-9-18(22)24/h4-7,15,20H,2-3,8-13H2,1H3. The molecule has 152 valence electrons. The second kappa shape index (κ2) is 8.40. The summed E-state index contributed by atoms with van der Waals surface area (Å²) in [5, 5.41) is 0. The number of sulfonamides is 1. The molecule has 3 amide bonds. The number of piperidine rings is 1. The highest BCUT2D eigenvalue weighted by molar-refractivity contribution is 7.88. The Balaban J connectivity index is 1.59. The van der Waals surface area contributed by atoms with Gasteiger partial charge in [0.1, 0.15) is 0 Å². The van der Waals surface area contributed by atoms with Crippen LogP contribution < -0.4 is 4.72 Å². The van der Waals surface area contributed by atoms with Crippen LogP contribution >= 0.6 is 0 Å². The largest absolute Gasteiger partial charge is 0.338 e. The number of hydrogen-bond donors (Lipinski definition) is 1. The molecule has 8 nitrogen and oxygen atoms in total. The third-order valence-corrected chi connectivity index (χ3v) is 5.83. The first-order valence-corrected chi connectivity index (χ1v) is 11.3. The fraction of sp³-hybridized carbons (Fsp3) is 0.526. The van der Waals surface area contributed by atoms with Crippen LogP contribution in [0, 0.1) is 5.92 Å². The number of hydrogen-bond acceptors (Lipinski definition) is 5. The molecule has 1 aromatic rings. The zero-order valence-corrected chi connectivity index (χ0v) is 16.7. The first-order valence-electron chi connectivity index (χ1n) is 9.39. The molecule has 1 aromatic carbocycles. The van der Waals surface area contributed by atoms with Crippen LogP contribution in [0.5, 0.6) is 0 Å². The fourth-order valence-corrected chi connectivity index (χ4v) is 4.14. The second-order valence-corrected chi connectivity index (χ2v) is 9.28. The molecular formula is C19H25N3O5S. The summed E-state index contributed by atoms with van der Waals surface area (Å²) >= 11 is 0. The van der Waals surface area contributed by atoms with E-state index in [4.69, 9.17) is 0 Å². The number of benzene rings is 1. The van der Waals surface area contributed by atoms with Crippen LogP contribution in [0.15, 0.2) is 24.3 Å². The Morgan fingerprint density at radius 1 is 1.14 bits per heavy atom. The van der Waals surface area contributed by atoms with Gasteiger partial charge >= 0.3 is 0 Å². The van der Waals surface area contributed by atoms with Gasteiger partial charge in [0.15, 0.2) is 0 Å². The molecule has 9 heteroatoms. The van der Waals surface area contributed by atoms with Crippen LogP contribution in [-0.2, 0) is 26.2 Å². The van der Waals surface area contributed by atoms with Crippen molar-refractivity contribution in [2.24, 2.45) is 5.92 Å². The predicted octanol–water partition coefficient (Wildman–Crippen LogP) is 0.737. The summed E-state index contributed by atoms with van der Waals surface area (Å²) in [5.41, 5.74) is 1.34. The highest BCUT2D eigenvalue weighted by Gasteiger charge is 2.29. The average molecular weight is 407 g/mol. The molecule has 2 fully saturated rings. The molecule has 1 unspecified atom stereocenters. The van der Waals surface area contributed by atoms with Gasteiger partial charge in [0.25, 0.3) is 5.91 Å². The lowest BCUT2D eigenvalue weighted by atomic mass is 9.97. The lowest BCUT2D eigenvalue weighted by Gasteiger charge is -2.33. The fourth-order valence-electron chi connectivity index (χ4n) is 3.60. The van der Waals surface area contributed by atoms with Crippen molar-refractivity contribution in [1.29, 1.82) is 0 Å². The number of carbonyl (C=O) groups is 3. The van der Waals surface area contributed by atoms with Crippen molar-refractivity contribution in [3.8, 4) is 0 Å². The number of imide groups is 1. The second-order valence-electron chi connectivity index (χ2n) is 7.45. The van der Waals surface area contributed by atoms with Gasteiger partial charge in [0.2, 0.25) is 21.8 Å². The van der Waals surface area contributed by atoms with Gasteiger partial charge in [-0.15, -0.1) is 0 Å². The number of amides is 3. The predicted molar refractivity (Wildman–Crippen MR) is 103 cm³/mol. The van der Waals surface area contributed by atoms with Crippen molar-refractivity contribution in [3.05, 3.63) is 35.4 Å². The normalized spacial score (nSPS) is 20.7. The summed E-state index contributed by atoms with van der Waals surface area (Å²) in [6.45, 7) is 1.72. The van der Waals surface area contributed by atoms with Crippen molar-refractivity contribution in [2.75, 3.05) is 25.9 Å². The van der Waals surface area contributed by atoms with Crippen LogP contribution in [0.25, 0.3) is 0 Å². The molecule has 0 aromatic heterocycles. The minimum absolute atomic E-state index is 0.0936. The summed E-state index contributed by atoms with van der Waals surface area (Å²) < 4.78 is 25.1. The third-order valence-electron chi connectivity index (χ3n) is 5.14. The van der Waals surface area contributed by atoms with E-state index in [-0.39, 0.29) is 43.0 Å². The van der Waals surface area contributed by atoms with E-state index in [1.165, 1.54) is 4.90 Å². The van der Waals surface area contributed by atoms with Crippen molar-refractivity contribution >= 4 is 27.7 Å². The Morgan fingerprint density at radius 2 is 1.79 bits per heavy atom. The Labute approximate surface area is 164 Å². The van der Waals surface area contributed by atoms with E-state index in [9.17, 15) is 22.8 Å². The Hall–Kier alpha value is -2.26. The van der Waals surface area contributed by atoms with E-state index >= 15 is 0 Å². The molecule has 2 heterocycles. The molecule has 0 saturated carbocycles. The van der Waals surface area contributed by atoms with Crippen LogP contribution in [-0.4, -0.2) is 61.8 Å². The van der Waals surface area contributed by atoms with E-state index < -0.39 is 10.0 Å². The van der Waals surface area contributed by atoms with Crippen molar-refractivity contribution in [3.63, 3.8) is 0 Å². The minimum atomic E-state index is -3.24. The summed E-state index contributed by atoms with van der Waals surface area (Å²) in [6, 6.07) is 6.94. The first-order chi connectivity index (χ1) is 13.2. The van der Waals surface area contributed by atoms with E-state index in [2.05, 4.69) is 4.72 Å². The lowest BCUT2D eigenvalue weighted by molar-refractivity contribution is -0.139. The van der Waals surface area contributed by atoms with Crippen LogP contribution in [0.3, 0.4) is 0 Å². The maximum Gasteiger partial charge on any atom is 0.253 e. The Kier molecular flexibility index (Phi) is 6.14. The van der Waals surface area contributed by atoms with Gasteiger partial charge in [-0.3, -0.25) is 19.3 Å². The maximum atomic E-state index is 12.8. The van der Waals surface area contributed by atoms with E-state index in [1.807, 2.05) is 0 Å². The van der Waals surface area contributed by atoms with Crippen molar-refractivity contribution in [1.82, 2.24) is 14.5 Å². The summed E-state index contributed by atoms with van der Waals surface area (Å²) in [6.07, 6.45) is 3.37. The highest BCUT2D eigenvalue weighted by atomic mass is 32.2. The van der Waals surface area contributed by atoms with Crippen molar-refractivity contribution < 1.29 is 22.8 Å². The SMILES string of the molecule is CS(=O)(=O)NCC1CCCN(C(=O)c2ccc(CN3C(=O)CCC3=O)cc2)C1. The molecule has 2 aliphatic heterocycles. The molecule has 1 atom stereocenters. The van der Waals surface area contributed by atoms with Crippen LogP contribution in [0.1, 0.15) is 41.6 Å². The topological polar surface area (TPSA) is 104 Å². The summed E-state index contributed by atoms with van der Waals surface area (Å²) in [4.78, 5) is 39.2. The van der Waals surface area contributed by atoms with Gasteiger partial charge < -0.3 is 4.90 Å². The molecule has 0 aliphatic carbocycles. The number of nitrogens with zero attached hydrogens (tertiary/aromatic N) is 2. The highest BCUT2D eigenvalue weighted by Crippen LogP contribution is 2.20. The minimum Gasteiger partial charge on any atom is -0.338 e. The smallest absolute Gasteiger partial charge is 0.253 e. The maximum absolute atomic E-state index is 12.8. The number of nitrogens with one attached hydrogen (secondary N) is 1. The molecule has 0 spiro atoms. The summed E-state index contributed by atoms with van der Waals surface area (Å²) in [5.74, 6) is -0.317. The number of carbonyl (C=O) groups excluding carboxylic acids is 3. The molecule has 2 aliphatic rings. The quantitative estimate of drug-likeness (QED) is 0.701. The zero-order chi connectivity index (χ0) is 20.3. The van der Waals surface area contributed by atoms with Gasteiger partial charge in [-0.05, 0) is 36.5 Å². The third kappa shape index (κ3) is 5.17. The molecule has 3 rings (SSSR count). The monoisotopic (exact) mass is 407 g/mol. The molecule has 28 heavy (non-hydrogen) atoms. The van der Waals surface area contributed by atoms with Crippen molar-refractivity contribution in [2.45, 2.75) is 32.2 Å². The molecule has 2 saturated heterocycles. The number of rotatable bonds is 6. The van der Waals surface area contributed by atoms with Gasteiger partial charge in [0.05, 0.1) is 12.8 Å². The molecule has 0 bridgehead atoms. The summed E-state index contributed by atoms with van der Waals surface area (Å²) in [7, 11) is -3.24. The van der Waals surface area contributed by atoms with Gasteiger partial charge in [-0.2, -0.15) is 0 Å².